The second kappa shape index (κ2) is 2.94. The van der Waals surface area contributed by atoms with Crippen LogP contribution in [0.4, 0.5) is 0 Å². The van der Waals surface area contributed by atoms with E-state index in [9.17, 15) is 0 Å². The van der Waals surface area contributed by atoms with Crippen LogP contribution >= 0.6 is 0 Å². The minimum absolute atomic E-state index is 0.286. The molecular weight excluding hydrogens is 156 g/mol. The Kier molecular flexibility index (Phi) is 1.92. The van der Waals surface area contributed by atoms with Crippen LogP contribution in [0.3, 0.4) is 0 Å². The normalized spacial score (nSPS) is 31.2. The monoisotopic (exact) mass is 168 g/mol. The summed E-state index contributed by atoms with van der Waals surface area (Å²) in [5.41, 5.74) is 8.48. The molecule has 1 unspecified atom stereocenters. The van der Waals surface area contributed by atoms with Gasteiger partial charge in [-0.05, 0) is 18.0 Å². The van der Waals surface area contributed by atoms with Crippen LogP contribution in [0.1, 0.15) is 0 Å². The van der Waals surface area contributed by atoms with Crippen molar-refractivity contribution in [2.75, 3.05) is 32.8 Å². The molecule has 2 saturated heterocycles. The van der Waals surface area contributed by atoms with Crippen molar-refractivity contribution >= 4 is 0 Å². The second-order valence-corrected chi connectivity index (χ2v) is 3.60. The lowest BCUT2D eigenvalue weighted by Crippen LogP contribution is -2.49. The molecule has 2 rings (SSSR count). The van der Waals surface area contributed by atoms with Gasteiger partial charge in [0.1, 0.15) is 0 Å². The highest BCUT2D eigenvalue weighted by atomic mass is 16.5. The van der Waals surface area contributed by atoms with E-state index in [2.05, 4.69) is 15.3 Å². The summed E-state index contributed by atoms with van der Waals surface area (Å²) in [6.07, 6.45) is 0. The molecule has 12 heavy (non-hydrogen) atoms. The van der Waals surface area contributed by atoms with Crippen LogP contribution in [-0.4, -0.2) is 32.8 Å². The smallest absolute Gasteiger partial charge is 0.0560 e. The summed E-state index contributed by atoms with van der Waals surface area (Å²) >= 11 is 0. The van der Waals surface area contributed by atoms with Crippen molar-refractivity contribution in [3.8, 4) is 0 Å². The maximum atomic E-state index is 8.19. The molecule has 0 aliphatic carbocycles. The summed E-state index contributed by atoms with van der Waals surface area (Å²) in [6.45, 7) is 4.23. The van der Waals surface area contributed by atoms with Gasteiger partial charge in [-0.2, -0.15) is 0 Å². The van der Waals surface area contributed by atoms with Gasteiger partial charge in [-0.15, -0.1) is 0 Å². The zero-order valence-electron chi connectivity index (χ0n) is 6.86. The number of azide groups is 1. The minimum atomic E-state index is 0.286. The first-order valence-electron chi connectivity index (χ1n) is 4.17. The number of rotatable bonds is 2. The summed E-state index contributed by atoms with van der Waals surface area (Å²) in [7, 11) is 0. The average Bonchev–Trinajstić information content (AvgIpc) is 2.42. The van der Waals surface area contributed by atoms with Crippen molar-refractivity contribution in [3.05, 3.63) is 10.4 Å². The predicted molar refractivity (Wildman–Crippen MR) is 43.6 cm³/mol. The number of ether oxygens (including phenoxy) is 1. The fourth-order valence-electron chi connectivity index (χ4n) is 1.95. The highest BCUT2D eigenvalue weighted by Crippen LogP contribution is 2.38. The van der Waals surface area contributed by atoms with Gasteiger partial charge in [-0.1, -0.05) is 5.11 Å². The number of hydrogen-bond donors (Lipinski definition) is 1. The highest BCUT2D eigenvalue weighted by molar-refractivity contribution is 4.99. The van der Waals surface area contributed by atoms with E-state index in [1.165, 1.54) is 0 Å². The lowest BCUT2D eigenvalue weighted by atomic mass is 9.76. The van der Waals surface area contributed by atoms with Crippen molar-refractivity contribution in [2.45, 2.75) is 0 Å². The minimum Gasteiger partial charge on any atom is -0.380 e. The van der Waals surface area contributed by atoms with Crippen molar-refractivity contribution in [1.82, 2.24) is 5.32 Å². The van der Waals surface area contributed by atoms with E-state index < -0.39 is 0 Å². The molecule has 1 spiro atoms. The molecule has 1 atom stereocenters. The zero-order chi connectivity index (χ0) is 8.44. The van der Waals surface area contributed by atoms with Crippen LogP contribution < -0.4 is 5.32 Å². The third kappa shape index (κ3) is 1.06. The van der Waals surface area contributed by atoms with E-state index in [0.29, 0.717) is 12.5 Å². The lowest BCUT2D eigenvalue weighted by molar-refractivity contribution is -0.122. The third-order valence-electron chi connectivity index (χ3n) is 2.88. The van der Waals surface area contributed by atoms with Gasteiger partial charge in [0.25, 0.3) is 0 Å². The molecule has 0 aromatic carbocycles. The number of nitrogens with one attached hydrogen (secondary N) is 1. The molecule has 5 heteroatoms. The summed E-state index contributed by atoms with van der Waals surface area (Å²) in [5, 5.41) is 6.93. The molecular formula is C7H12N4O. The third-order valence-corrected chi connectivity index (χ3v) is 2.88. The van der Waals surface area contributed by atoms with E-state index in [1.54, 1.807) is 0 Å². The average molecular weight is 168 g/mol. The van der Waals surface area contributed by atoms with Crippen molar-refractivity contribution in [2.24, 2.45) is 16.4 Å². The van der Waals surface area contributed by atoms with Crippen LogP contribution in [0.15, 0.2) is 5.11 Å². The lowest BCUT2D eigenvalue weighted by Gasteiger charge is -2.41. The van der Waals surface area contributed by atoms with Gasteiger partial charge in [0, 0.05) is 23.4 Å². The van der Waals surface area contributed by atoms with Gasteiger partial charge in [-0.3, -0.25) is 0 Å². The Bertz CT molecular complexity index is 219. The molecule has 0 aromatic rings. The first kappa shape index (κ1) is 7.86. The van der Waals surface area contributed by atoms with Gasteiger partial charge in [0.2, 0.25) is 0 Å². The Morgan fingerprint density at radius 2 is 2.50 bits per heavy atom. The summed E-state index contributed by atoms with van der Waals surface area (Å²) in [6, 6.07) is 0. The van der Waals surface area contributed by atoms with E-state index in [4.69, 9.17) is 10.3 Å². The van der Waals surface area contributed by atoms with Crippen molar-refractivity contribution < 1.29 is 4.74 Å². The fraction of sp³-hybridized carbons (Fsp3) is 1.00. The summed E-state index contributed by atoms with van der Waals surface area (Å²) in [4.78, 5) is 2.78. The Hall–Kier alpha value is -0.770. The van der Waals surface area contributed by atoms with Crippen LogP contribution in [0, 0.1) is 11.3 Å². The maximum absolute atomic E-state index is 8.19. The van der Waals surface area contributed by atoms with Crippen LogP contribution in [0.5, 0.6) is 0 Å². The van der Waals surface area contributed by atoms with Crippen molar-refractivity contribution in [1.29, 1.82) is 0 Å². The molecule has 0 aromatic heterocycles. The molecule has 0 radical (unpaired) electrons. The second-order valence-electron chi connectivity index (χ2n) is 3.60. The van der Waals surface area contributed by atoms with Gasteiger partial charge < -0.3 is 10.1 Å². The van der Waals surface area contributed by atoms with Crippen LogP contribution in [-0.2, 0) is 4.74 Å². The Labute approximate surface area is 70.7 Å². The largest absolute Gasteiger partial charge is 0.380 e. The quantitative estimate of drug-likeness (QED) is 0.371. The van der Waals surface area contributed by atoms with E-state index in [0.717, 1.165) is 26.3 Å². The van der Waals surface area contributed by atoms with Gasteiger partial charge in [0.15, 0.2) is 0 Å². The topological polar surface area (TPSA) is 70.0 Å². The maximum Gasteiger partial charge on any atom is 0.0560 e. The molecule has 2 aliphatic rings. The van der Waals surface area contributed by atoms with Crippen LogP contribution in [0.25, 0.3) is 10.4 Å². The SMILES string of the molecule is [N-]=[N+]=NCC1CNCC12COC2. The molecule has 1 N–H and O–H groups in total. The predicted octanol–water partition coefficient (Wildman–Crippen LogP) is 0.533. The van der Waals surface area contributed by atoms with Gasteiger partial charge in [-0.25, -0.2) is 0 Å². The molecule has 66 valence electrons. The standard InChI is InChI=1S/C7H12N4O/c8-11-10-2-6-1-9-3-7(6)4-12-5-7/h6,9H,1-5H2. The molecule has 0 amide bonds. The van der Waals surface area contributed by atoms with Gasteiger partial charge >= 0.3 is 0 Å². The number of hydrogen-bond acceptors (Lipinski definition) is 3. The van der Waals surface area contributed by atoms with E-state index in [1.807, 2.05) is 0 Å². The molecule has 2 aliphatic heterocycles. The molecule has 2 fully saturated rings. The molecule has 5 nitrogen and oxygen atoms in total. The van der Waals surface area contributed by atoms with Crippen molar-refractivity contribution in [3.63, 3.8) is 0 Å². The Morgan fingerprint density at radius 3 is 3.08 bits per heavy atom. The first-order chi connectivity index (χ1) is 5.87. The van der Waals surface area contributed by atoms with Gasteiger partial charge in [0.05, 0.1) is 13.2 Å². The van der Waals surface area contributed by atoms with Crippen LogP contribution in [0.2, 0.25) is 0 Å². The molecule has 0 bridgehead atoms. The van der Waals surface area contributed by atoms with E-state index in [-0.39, 0.29) is 5.41 Å². The number of nitrogens with zero attached hydrogens (tertiary/aromatic N) is 3. The summed E-state index contributed by atoms with van der Waals surface area (Å²) in [5.74, 6) is 0.474. The van der Waals surface area contributed by atoms with E-state index >= 15 is 0 Å². The highest BCUT2D eigenvalue weighted by Gasteiger charge is 2.48. The zero-order valence-corrected chi connectivity index (χ0v) is 6.86. The molecule has 2 heterocycles. The first-order valence-corrected chi connectivity index (χ1v) is 4.17. The summed E-state index contributed by atoms with van der Waals surface area (Å²) < 4.78 is 5.20. The molecule has 0 saturated carbocycles. The fourth-order valence-corrected chi connectivity index (χ4v) is 1.95. The Morgan fingerprint density at radius 1 is 1.67 bits per heavy atom. The Balaban J connectivity index is 1.99.